The van der Waals surface area contributed by atoms with E-state index in [1.54, 1.807) is 0 Å². The zero-order valence-corrected chi connectivity index (χ0v) is 19.4. The zero-order valence-electron chi connectivity index (χ0n) is 19.4. The molecule has 4 unspecified atom stereocenters. The summed E-state index contributed by atoms with van der Waals surface area (Å²) < 4.78 is 0. The number of rotatable bonds is 15. The summed E-state index contributed by atoms with van der Waals surface area (Å²) in [5, 5.41) is 33.4. The van der Waals surface area contributed by atoms with E-state index < -0.39 is 84.9 Å². The number of phenolic OH excluding ortho intramolecular Hbond substituents is 1. The largest absolute Gasteiger partial charge is 0.508 e. The highest BCUT2D eigenvalue weighted by atomic mass is 16.4. The average molecular weight is 524 g/mol. The molecule has 0 heterocycles. The molecule has 0 aliphatic rings. The van der Waals surface area contributed by atoms with Crippen molar-refractivity contribution in [1.29, 1.82) is 0 Å². The van der Waals surface area contributed by atoms with Crippen LogP contribution in [-0.4, -0.2) is 81.0 Å². The van der Waals surface area contributed by atoms with Gasteiger partial charge in [-0.05, 0) is 24.1 Å². The van der Waals surface area contributed by atoms with Gasteiger partial charge in [0.2, 0.25) is 29.5 Å². The van der Waals surface area contributed by atoms with Gasteiger partial charge < -0.3 is 48.5 Å². The van der Waals surface area contributed by atoms with E-state index in [0.29, 0.717) is 5.56 Å². The topological polar surface area (TPSA) is 294 Å². The molecule has 16 heteroatoms. The number of aliphatic carboxylic acids is 2. The number of nitrogens with one attached hydrogen (secondary N) is 3. The maximum atomic E-state index is 12.8. The van der Waals surface area contributed by atoms with E-state index >= 15 is 0 Å². The fourth-order valence-corrected chi connectivity index (χ4v) is 3.00. The number of carboxylic acid groups (broad SMARTS) is 2. The Labute approximate surface area is 209 Å². The van der Waals surface area contributed by atoms with Crippen LogP contribution in [0.3, 0.4) is 0 Å². The van der Waals surface area contributed by atoms with Crippen molar-refractivity contribution in [2.45, 2.75) is 49.9 Å². The Bertz CT molecular complexity index is 1040. The van der Waals surface area contributed by atoms with Crippen LogP contribution in [0.15, 0.2) is 24.3 Å². The molecule has 0 fully saturated rings. The molecule has 202 valence electrons. The van der Waals surface area contributed by atoms with Gasteiger partial charge in [0.05, 0.1) is 25.3 Å². The Kier molecular flexibility index (Phi) is 11.4. The summed E-state index contributed by atoms with van der Waals surface area (Å²) in [4.78, 5) is 82.8. The van der Waals surface area contributed by atoms with Crippen LogP contribution in [0.25, 0.3) is 0 Å². The molecule has 0 saturated carbocycles. The highest BCUT2D eigenvalue weighted by molar-refractivity contribution is 5.98. The van der Waals surface area contributed by atoms with Crippen molar-refractivity contribution in [2.75, 3.05) is 0 Å². The van der Waals surface area contributed by atoms with Crippen molar-refractivity contribution in [2.24, 2.45) is 17.2 Å². The predicted molar refractivity (Wildman–Crippen MR) is 123 cm³/mol. The third-order valence-corrected chi connectivity index (χ3v) is 4.80. The molecule has 0 bridgehead atoms. The van der Waals surface area contributed by atoms with Gasteiger partial charge in [-0.2, -0.15) is 0 Å². The van der Waals surface area contributed by atoms with Gasteiger partial charge in [0, 0.05) is 0 Å². The lowest BCUT2D eigenvalue weighted by Gasteiger charge is -2.24. The van der Waals surface area contributed by atoms with Gasteiger partial charge in [-0.25, -0.2) is 4.79 Å². The van der Waals surface area contributed by atoms with E-state index in [1.807, 2.05) is 5.32 Å². The van der Waals surface area contributed by atoms with Crippen LogP contribution >= 0.6 is 0 Å². The van der Waals surface area contributed by atoms with Gasteiger partial charge in [-0.3, -0.25) is 28.8 Å². The standard InChI is InChI=1S/C21H28N6O10/c22-11(5-9-1-3-10(28)4-2-9)18(33)25-12(6-15(23)29)19(34)26-13(7-16(24)30)20(35)27-14(21(36)37)8-17(31)32/h1-4,11-14,28H,5-8,22H2,(H2,23,29)(H2,24,30)(H,25,33)(H,26,34)(H,27,35)(H,31,32)(H,36,37). The van der Waals surface area contributed by atoms with Crippen LogP contribution in [0.1, 0.15) is 24.8 Å². The second-order valence-electron chi connectivity index (χ2n) is 7.94. The smallest absolute Gasteiger partial charge is 0.326 e. The van der Waals surface area contributed by atoms with Gasteiger partial charge in [0.1, 0.15) is 23.9 Å². The van der Waals surface area contributed by atoms with Gasteiger partial charge in [-0.15, -0.1) is 0 Å². The van der Waals surface area contributed by atoms with Crippen molar-refractivity contribution in [3.05, 3.63) is 29.8 Å². The summed E-state index contributed by atoms with van der Waals surface area (Å²) in [5.41, 5.74) is 16.6. The van der Waals surface area contributed by atoms with E-state index in [-0.39, 0.29) is 12.2 Å². The fraction of sp³-hybridized carbons (Fsp3) is 0.381. The first-order chi connectivity index (χ1) is 17.2. The van der Waals surface area contributed by atoms with E-state index in [9.17, 15) is 38.7 Å². The van der Waals surface area contributed by atoms with Crippen LogP contribution in [0.2, 0.25) is 0 Å². The second kappa shape index (κ2) is 14.0. The maximum absolute atomic E-state index is 12.8. The maximum Gasteiger partial charge on any atom is 0.326 e. The van der Waals surface area contributed by atoms with E-state index in [2.05, 4.69) is 10.6 Å². The molecule has 0 aliphatic carbocycles. The molecule has 16 nitrogen and oxygen atoms in total. The first-order valence-electron chi connectivity index (χ1n) is 10.6. The molecule has 0 radical (unpaired) electrons. The fourth-order valence-electron chi connectivity index (χ4n) is 3.00. The SMILES string of the molecule is NC(=O)CC(NC(=O)C(N)Cc1ccc(O)cc1)C(=O)NC(CC(N)=O)C(=O)NC(CC(=O)O)C(=O)O. The van der Waals surface area contributed by atoms with Gasteiger partial charge in [0.15, 0.2) is 0 Å². The lowest BCUT2D eigenvalue weighted by atomic mass is 10.0. The van der Waals surface area contributed by atoms with Crippen LogP contribution in [0, 0.1) is 0 Å². The van der Waals surface area contributed by atoms with Gasteiger partial charge in [-0.1, -0.05) is 12.1 Å². The van der Waals surface area contributed by atoms with Gasteiger partial charge in [0.25, 0.3) is 0 Å². The summed E-state index contributed by atoms with van der Waals surface area (Å²) >= 11 is 0. The lowest BCUT2D eigenvalue weighted by molar-refractivity contribution is -0.147. The summed E-state index contributed by atoms with van der Waals surface area (Å²) in [6.45, 7) is 0. The third-order valence-electron chi connectivity index (χ3n) is 4.80. The summed E-state index contributed by atoms with van der Waals surface area (Å²) in [7, 11) is 0. The Morgan fingerprint density at radius 2 is 1.14 bits per heavy atom. The van der Waals surface area contributed by atoms with Crippen LogP contribution < -0.4 is 33.2 Å². The van der Waals surface area contributed by atoms with E-state index in [1.165, 1.54) is 24.3 Å². The normalized spacial score (nSPS) is 13.8. The molecule has 5 amide bonds. The number of carbonyl (C=O) groups is 7. The molecule has 37 heavy (non-hydrogen) atoms. The quantitative estimate of drug-likeness (QED) is 0.107. The number of primary amides is 2. The Morgan fingerprint density at radius 1 is 0.703 bits per heavy atom. The molecular formula is C21H28N6O10. The average Bonchev–Trinajstić information content (AvgIpc) is 2.78. The molecule has 12 N–H and O–H groups in total. The van der Waals surface area contributed by atoms with Crippen LogP contribution in [-0.2, 0) is 40.0 Å². The molecule has 1 aromatic carbocycles. The molecule has 0 spiro atoms. The summed E-state index contributed by atoms with van der Waals surface area (Å²) in [5.74, 6) is -8.64. The lowest BCUT2D eigenvalue weighted by Crippen LogP contribution is -2.58. The van der Waals surface area contributed by atoms with Crippen molar-refractivity contribution >= 4 is 41.5 Å². The van der Waals surface area contributed by atoms with E-state index in [4.69, 9.17) is 27.4 Å². The first-order valence-corrected chi connectivity index (χ1v) is 10.6. The molecule has 0 aliphatic heterocycles. The number of amides is 5. The van der Waals surface area contributed by atoms with Crippen LogP contribution in [0.5, 0.6) is 5.75 Å². The van der Waals surface area contributed by atoms with Crippen molar-refractivity contribution in [3.8, 4) is 5.75 Å². The highest BCUT2D eigenvalue weighted by Crippen LogP contribution is 2.11. The summed E-state index contributed by atoms with van der Waals surface area (Å²) in [6, 6.07) is -0.750. The minimum Gasteiger partial charge on any atom is -0.508 e. The van der Waals surface area contributed by atoms with E-state index in [0.717, 1.165) is 0 Å². The second-order valence-corrected chi connectivity index (χ2v) is 7.94. The Balaban J connectivity index is 2.99. The molecule has 1 rings (SSSR count). The molecule has 1 aromatic rings. The minimum absolute atomic E-state index is 0.00726. The monoisotopic (exact) mass is 524 g/mol. The third kappa shape index (κ3) is 11.0. The Hall–Kier alpha value is -4.73. The number of hydrogen-bond donors (Lipinski definition) is 9. The van der Waals surface area contributed by atoms with Crippen LogP contribution in [0.4, 0.5) is 0 Å². The number of carbonyl (C=O) groups excluding carboxylic acids is 5. The summed E-state index contributed by atoms with van der Waals surface area (Å²) in [6.07, 6.45) is -2.57. The van der Waals surface area contributed by atoms with Crippen molar-refractivity contribution in [3.63, 3.8) is 0 Å². The number of hydrogen-bond acceptors (Lipinski definition) is 9. The number of aromatic hydroxyl groups is 1. The van der Waals surface area contributed by atoms with Crippen molar-refractivity contribution < 1.29 is 48.9 Å². The predicted octanol–water partition coefficient (Wildman–Crippen LogP) is -3.97. The minimum atomic E-state index is -1.89. The molecule has 0 saturated heterocycles. The number of benzene rings is 1. The number of phenols is 1. The Morgan fingerprint density at radius 3 is 1.54 bits per heavy atom. The molecule has 0 aromatic heterocycles. The molecular weight excluding hydrogens is 496 g/mol. The van der Waals surface area contributed by atoms with Gasteiger partial charge >= 0.3 is 11.9 Å². The number of carboxylic acids is 2. The number of nitrogens with two attached hydrogens (primary N) is 3. The molecule has 4 atom stereocenters. The zero-order chi connectivity index (χ0) is 28.3. The highest BCUT2D eigenvalue weighted by Gasteiger charge is 2.32. The first kappa shape index (κ1) is 30.3. The van der Waals surface area contributed by atoms with Crippen molar-refractivity contribution in [1.82, 2.24) is 16.0 Å².